The molecule has 0 unspecified atom stereocenters. The van der Waals surface area contributed by atoms with Crippen LogP contribution in [0.3, 0.4) is 0 Å². The summed E-state index contributed by atoms with van der Waals surface area (Å²) >= 11 is 11.8. The van der Waals surface area contributed by atoms with Crippen LogP contribution in [0.25, 0.3) is 0 Å². The van der Waals surface area contributed by atoms with Crippen molar-refractivity contribution in [1.29, 1.82) is 0 Å². The van der Waals surface area contributed by atoms with E-state index in [4.69, 9.17) is 23.2 Å². The van der Waals surface area contributed by atoms with E-state index in [2.05, 4.69) is 14.8 Å². The van der Waals surface area contributed by atoms with Crippen molar-refractivity contribution in [2.45, 2.75) is 0 Å². The highest BCUT2D eigenvalue weighted by Gasteiger charge is 2.17. The highest BCUT2D eigenvalue weighted by atomic mass is 35.5. The molecule has 0 fully saturated rings. The summed E-state index contributed by atoms with van der Waals surface area (Å²) in [6, 6.07) is 2.66. The van der Waals surface area contributed by atoms with Gasteiger partial charge in [0.25, 0.3) is 0 Å². The van der Waals surface area contributed by atoms with E-state index in [9.17, 15) is 14.7 Å². The van der Waals surface area contributed by atoms with Gasteiger partial charge in [0.1, 0.15) is 16.5 Å². The van der Waals surface area contributed by atoms with Gasteiger partial charge < -0.3 is 19.9 Å². The van der Waals surface area contributed by atoms with Gasteiger partial charge in [-0.3, -0.25) is 0 Å². The standard InChI is InChI=1S/C12H11Cl2NO5/c1-19-9(17)5-7(12(18)20-2)15-11-6(13)3-4-8(16)10(11)14/h3-5,15-16H,1-2H3/b7-5+. The summed E-state index contributed by atoms with van der Waals surface area (Å²) < 4.78 is 8.93. The predicted octanol–water partition coefficient (Wildman–Crippen LogP) is 2.34. The number of anilines is 1. The summed E-state index contributed by atoms with van der Waals surface area (Å²) in [5, 5.41) is 12.1. The van der Waals surface area contributed by atoms with Crippen LogP contribution < -0.4 is 5.32 Å². The number of esters is 2. The van der Waals surface area contributed by atoms with Crippen LogP contribution in [0.4, 0.5) is 5.69 Å². The summed E-state index contributed by atoms with van der Waals surface area (Å²) in [6.07, 6.45) is 0.878. The van der Waals surface area contributed by atoms with Gasteiger partial charge in [0.05, 0.1) is 31.0 Å². The zero-order valence-corrected chi connectivity index (χ0v) is 12.1. The lowest BCUT2D eigenvalue weighted by Crippen LogP contribution is -2.16. The fourth-order valence-electron chi connectivity index (χ4n) is 1.22. The van der Waals surface area contributed by atoms with Gasteiger partial charge in [-0.1, -0.05) is 23.2 Å². The van der Waals surface area contributed by atoms with E-state index in [1.807, 2.05) is 0 Å². The number of aromatic hydroxyl groups is 1. The van der Waals surface area contributed by atoms with Crippen LogP contribution in [-0.2, 0) is 19.1 Å². The first kappa shape index (κ1) is 16.1. The minimum absolute atomic E-state index is 0.0638. The van der Waals surface area contributed by atoms with Crippen molar-refractivity contribution in [3.05, 3.63) is 34.0 Å². The van der Waals surface area contributed by atoms with Crippen LogP contribution in [-0.4, -0.2) is 31.3 Å². The molecule has 8 heteroatoms. The SMILES string of the molecule is COC(=O)/C=C(/Nc1c(Cl)ccc(O)c1Cl)C(=O)OC. The van der Waals surface area contributed by atoms with Crippen LogP contribution in [0.1, 0.15) is 0 Å². The highest BCUT2D eigenvalue weighted by molar-refractivity contribution is 6.40. The number of hydrogen-bond acceptors (Lipinski definition) is 6. The fourth-order valence-corrected chi connectivity index (χ4v) is 1.69. The summed E-state index contributed by atoms with van der Waals surface area (Å²) in [7, 11) is 2.29. The van der Waals surface area contributed by atoms with Crippen LogP contribution in [0, 0.1) is 0 Å². The molecule has 108 valence electrons. The van der Waals surface area contributed by atoms with E-state index in [1.54, 1.807) is 0 Å². The molecular formula is C12H11Cl2NO5. The molecule has 0 spiro atoms. The molecule has 2 N–H and O–H groups in total. The lowest BCUT2D eigenvalue weighted by molar-refractivity contribution is -0.138. The van der Waals surface area contributed by atoms with Crippen molar-refractivity contribution in [2.75, 3.05) is 19.5 Å². The highest BCUT2D eigenvalue weighted by Crippen LogP contribution is 2.37. The van der Waals surface area contributed by atoms with Crippen molar-refractivity contribution in [1.82, 2.24) is 0 Å². The molecule has 1 aromatic carbocycles. The lowest BCUT2D eigenvalue weighted by Gasteiger charge is -2.12. The maximum atomic E-state index is 11.6. The van der Waals surface area contributed by atoms with E-state index >= 15 is 0 Å². The Labute approximate surface area is 124 Å². The summed E-state index contributed by atoms with van der Waals surface area (Å²) in [4.78, 5) is 22.8. The summed E-state index contributed by atoms with van der Waals surface area (Å²) in [6.45, 7) is 0. The molecule has 0 aromatic heterocycles. The molecule has 20 heavy (non-hydrogen) atoms. The average molecular weight is 320 g/mol. The number of ether oxygens (including phenoxy) is 2. The van der Waals surface area contributed by atoms with Crippen molar-refractivity contribution >= 4 is 40.8 Å². The molecule has 0 amide bonds. The van der Waals surface area contributed by atoms with Crippen LogP contribution in [0.15, 0.2) is 23.9 Å². The van der Waals surface area contributed by atoms with Crippen LogP contribution >= 0.6 is 23.2 Å². The van der Waals surface area contributed by atoms with E-state index in [0.717, 1.165) is 20.3 Å². The second-order valence-corrected chi connectivity index (χ2v) is 4.24. The first-order valence-electron chi connectivity index (χ1n) is 5.22. The van der Waals surface area contributed by atoms with E-state index < -0.39 is 11.9 Å². The number of phenols is 1. The third-order valence-electron chi connectivity index (χ3n) is 2.20. The number of phenolic OH excluding ortho intramolecular Hbond substituents is 1. The minimum Gasteiger partial charge on any atom is -0.506 e. The number of methoxy groups -OCH3 is 2. The van der Waals surface area contributed by atoms with Gasteiger partial charge in [-0.25, -0.2) is 9.59 Å². The quantitative estimate of drug-likeness (QED) is 0.654. The van der Waals surface area contributed by atoms with Crippen molar-refractivity contribution in [3.8, 4) is 5.75 Å². The second-order valence-electron chi connectivity index (χ2n) is 3.45. The molecule has 0 heterocycles. The Kier molecular flexibility index (Phi) is 5.66. The number of hydrogen-bond donors (Lipinski definition) is 2. The van der Waals surface area contributed by atoms with E-state index in [0.29, 0.717) is 0 Å². The molecule has 0 aliphatic carbocycles. The molecule has 6 nitrogen and oxygen atoms in total. The maximum Gasteiger partial charge on any atom is 0.354 e. The van der Waals surface area contributed by atoms with Gasteiger partial charge in [-0.05, 0) is 12.1 Å². The number of benzene rings is 1. The Hall–Kier alpha value is -1.92. The molecule has 1 rings (SSSR count). The molecule has 0 atom stereocenters. The largest absolute Gasteiger partial charge is 0.506 e. The topological polar surface area (TPSA) is 84.9 Å². The summed E-state index contributed by atoms with van der Waals surface area (Å²) in [5.41, 5.74) is -0.178. The van der Waals surface area contributed by atoms with Gasteiger partial charge in [0.15, 0.2) is 0 Å². The normalized spacial score (nSPS) is 10.9. The Balaban J connectivity index is 3.21. The molecular weight excluding hydrogens is 309 g/mol. The lowest BCUT2D eigenvalue weighted by atomic mass is 10.2. The number of carbonyl (C=O) groups is 2. The first-order valence-corrected chi connectivity index (χ1v) is 5.98. The Morgan fingerprint density at radius 2 is 1.90 bits per heavy atom. The molecule has 1 aromatic rings. The second kappa shape index (κ2) is 7.02. The Morgan fingerprint density at radius 1 is 1.25 bits per heavy atom. The zero-order valence-electron chi connectivity index (χ0n) is 10.6. The molecule has 0 aliphatic heterocycles. The van der Waals surface area contributed by atoms with Crippen molar-refractivity contribution in [2.24, 2.45) is 0 Å². The number of halogens is 2. The van der Waals surface area contributed by atoms with Crippen molar-refractivity contribution in [3.63, 3.8) is 0 Å². The average Bonchev–Trinajstić information content (AvgIpc) is 2.45. The van der Waals surface area contributed by atoms with Crippen LogP contribution in [0.2, 0.25) is 10.0 Å². The zero-order chi connectivity index (χ0) is 15.3. The summed E-state index contributed by atoms with van der Waals surface area (Å²) in [5.74, 6) is -1.84. The number of nitrogens with one attached hydrogen (secondary N) is 1. The van der Waals surface area contributed by atoms with Gasteiger partial charge >= 0.3 is 11.9 Å². The Morgan fingerprint density at radius 3 is 2.45 bits per heavy atom. The van der Waals surface area contributed by atoms with Gasteiger partial charge in [0, 0.05) is 0 Å². The Bertz CT molecular complexity index is 571. The van der Waals surface area contributed by atoms with Gasteiger partial charge in [-0.2, -0.15) is 0 Å². The number of carbonyl (C=O) groups excluding carboxylic acids is 2. The third kappa shape index (κ3) is 3.79. The smallest absolute Gasteiger partial charge is 0.354 e. The van der Waals surface area contributed by atoms with Gasteiger partial charge in [-0.15, -0.1) is 0 Å². The predicted molar refractivity (Wildman–Crippen MR) is 73.9 cm³/mol. The maximum absolute atomic E-state index is 11.6. The van der Waals surface area contributed by atoms with E-state index in [1.165, 1.54) is 12.1 Å². The van der Waals surface area contributed by atoms with E-state index in [-0.39, 0.29) is 27.2 Å². The molecule has 0 aliphatic rings. The molecule has 0 bridgehead atoms. The van der Waals surface area contributed by atoms with Gasteiger partial charge in [0.2, 0.25) is 0 Å². The minimum atomic E-state index is -0.828. The third-order valence-corrected chi connectivity index (χ3v) is 2.90. The fraction of sp³-hybridized carbons (Fsp3) is 0.167. The number of rotatable bonds is 4. The van der Waals surface area contributed by atoms with Crippen molar-refractivity contribution < 1.29 is 24.2 Å². The molecule has 0 saturated heterocycles. The van der Waals surface area contributed by atoms with Crippen LogP contribution in [0.5, 0.6) is 5.75 Å². The molecule has 0 saturated carbocycles. The first-order chi connectivity index (χ1) is 9.40. The molecule has 0 radical (unpaired) electrons. The monoisotopic (exact) mass is 319 g/mol.